The molecule has 7 heteroatoms. The number of hydrogen-bond donors (Lipinski definition) is 1. The molecule has 1 aromatic carbocycles. The zero-order chi connectivity index (χ0) is 14.6. The summed E-state index contributed by atoms with van der Waals surface area (Å²) in [6.45, 7) is -1.31. The van der Waals surface area contributed by atoms with E-state index in [-0.39, 0.29) is 6.42 Å². The molecule has 1 aromatic heterocycles. The maximum Gasteiger partial charge on any atom is 0.405 e. The largest absolute Gasteiger partial charge is 0.405 e. The summed E-state index contributed by atoms with van der Waals surface area (Å²) in [6, 6.07) is 8.64. The van der Waals surface area contributed by atoms with Crippen molar-refractivity contribution in [1.82, 2.24) is 15.1 Å². The normalized spacial score (nSPS) is 11.3. The molecule has 0 spiro atoms. The molecule has 4 nitrogen and oxygen atoms in total. The van der Waals surface area contributed by atoms with Crippen LogP contribution in [-0.2, 0) is 11.2 Å². The molecule has 2 aromatic rings. The van der Waals surface area contributed by atoms with Gasteiger partial charge < -0.3 is 5.32 Å². The van der Waals surface area contributed by atoms with Crippen molar-refractivity contribution < 1.29 is 18.0 Å². The number of hydrogen-bond acceptors (Lipinski definition) is 2. The smallest absolute Gasteiger partial charge is 0.347 e. The van der Waals surface area contributed by atoms with Crippen LogP contribution in [0.4, 0.5) is 13.2 Å². The average Bonchev–Trinajstić information content (AvgIpc) is 2.90. The number of carbonyl (C=O) groups excluding carboxylic acids is 1. The third kappa shape index (κ3) is 4.11. The van der Waals surface area contributed by atoms with Crippen molar-refractivity contribution in [1.29, 1.82) is 0 Å². The molecule has 0 aliphatic heterocycles. The first-order chi connectivity index (χ1) is 9.44. The van der Waals surface area contributed by atoms with Gasteiger partial charge in [0, 0.05) is 12.4 Å². The monoisotopic (exact) mass is 283 g/mol. The van der Waals surface area contributed by atoms with Gasteiger partial charge in [-0.3, -0.25) is 4.79 Å². The highest BCUT2D eigenvalue weighted by molar-refractivity contribution is 5.78. The predicted molar refractivity (Wildman–Crippen MR) is 66.3 cm³/mol. The van der Waals surface area contributed by atoms with Crippen LogP contribution in [0, 0.1) is 0 Å². The predicted octanol–water partition coefficient (Wildman–Crippen LogP) is 2.09. The van der Waals surface area contributed by atoms with E-state index in [1.165, 1.54) is 0 Å². The number of nitrogens with one attached hydrogen (secondary N) is 1. The number of nitrogens with zero attached hydrogens (tertiary/aromatic N) is 2. The molecule has 0 bridgehead atoms. The van der Waals surface area contributed by atoms with Crippen LogP contribution in [0.2, 0.25) is 0 Å². The number of rotatable bonds is 4. The van der Waals surface area contributed by atoms with Gasteiger partial charge in [-0.25, -0.2) is 4.68 Å². The highest BCUT2D eigenvalue weighted by Gasteiger charge is 2.27. The number of benzene rings is 1. The molecule has 106 valence electrons. The molecule has 1 amide bonds. The Kier molecular flexibility index (Phi) is 4.07. The van der Waals surface area contributed by atoms with Crippen molar-refractivity contribution in [2.75, 3.05) is 6.54 Å². The molecule has 0 unspecified atom stereocenters. The quantitative estimate of drug-likeness (QED) is 0.934. The van der Waals surface area contributed by atoms with Crippen LogP contribution in [0.3, 0.4) is 0 Å². The Hall–Kier alpha value is -2.31. The van der Waals surface area contributed by atoms with Crippen LogP contribution in [-0.4, -0.2) is 28.4 Å². The third-order valence-electron chi connectivity index (χ3n) is 2.56. The first kappa shape index (κ1) is 14.1. The van der Waals surface area contributed by atoms with Crippen LogP contribution in [0.1, 0.15) is 5.56 Å². The minimum atomic E-state index is -4.39. The lowest BCUT2D eigenvalue weighted by molar-refractivity contribution is -0.138. The summed E-state index contributed by atoms with van der Waals surface area (Å²) in [4.78, 5) is 11.3. The number of aromatic nitrogens is 2. The molecule has 0 aliphatic rings. The van der Waals surface area contributed by atoms with Crippen molar-refractivity contribution in [2.45, 2.75) is 12.6 Å². The summed E-state index contributed by atoms with van der Waals surface area (Å²) < 4.78 is 37.5. The third-order valence-corrected chi connectivity index (χ3v) is 2.56. The maximum absolute atomic E-state index is 11.9. The van der Waals surface area contributed by atoms with Gasteiger partial charge in [0.15, 0.2) is 0 Å². The first-order valence-electron chi connectivity index (χ1n) is 5.86. The van der Waals surface area contributed by atoms with E-state index < -0.39 is 18.6 Å². The van der Waals surface area contributed by atoms with Crippen molar-refractivity contribution in [3.63, 3.8) is 0 Å². The van der Waals surface area contributed by atoms with Crippen molar-refractivity contribution in [2.24, 2.45) is 0 Å². The zero-order valence-corrected chi connectivity index (χ0v) is 10.4. The van der Waals surface area contributed by atoms with Gasteiger partial charge in [0.05, 0.1) is 12.1 Å². The second kappa shape index (κ2) is 5.77. The number of alkyl halides is 3. The standard InChI is InChI=1S/C13H12F3N3O/c14-13(15,16)9-17-12(20)8-10-2-4-11(5-3-10)19-7-1-6-18-19/h1-7H,8-9H2,(H,17,20). The molecular weight excluding hydrogens is 271 g/mol. The Labute approximate surface area is 113 Å². The van der Waals surface area contributed by atoms with Crippen LogP contribution < -0.4 is 5.32 Å². The SMILES string of the molecule is O=C(Cc1ccc(-n2cccn2)cc1)NCC(F)(F)F. The van der Waals surface area contributed by atoms with Crippen LogP contribution >= 0.6 is 0 Å². The fourth-order valence-corrected chi connectivity index (χ4v) is 1.63. The maximum atomic E-state index is 11.9. The van der Waals surface area contributed by atoms with E-state index in [0.717, 1.165) is 5.69 Å². The van der Waals surface area contributed by atoms with Crippen LogP contribution in [0.5, 0.6) is 0 Å². The Morgan fingerprint density at radius 2 is 1.95 bits per heavy atom. The summed E-state index contributed by atoms with van der Waals surface area (Å²) >= 11 is 0. The van der Waals surface area contributed by atoms with E-state index in [0.29, 0.717) is 5.56 Å². The molecule has 0 saturated carbocycles. The van der Waals surface area contributed by atoms with Gasteiger partial charge in [0.1, 0.15) is 6.54 Å². The van der Waals surface area contributed by atoms with Gasteiger partial charge in [0.2, 0.25) is 5.91 Å². The second-order valence-corrected chi connectivity index (χ2v) is 4.19. The van der Waals surface area contributed by atoms with Gasteiger partial charge >= 0.3 is 6.18 Å². The highest BCUT2D eigenvalue weighted by atomic mass is 19.4. The molecule has 0 aliphatic carbocycles. The summed E-state index contributed by atoms with van der Waals surface area (Å²) in [5.41, 5.74) is 1.45. The van der Waals surface area contributed by atoms with Crippen molar-refractivity contribution in [3.05, 3.63) is 48.3 Å². The van der Waals surface area contributed by atoms with Gasteiger partial charge in [-0.2, -0.15) is 18.3 Å². The topological polar surface area (TPSA) is 46.9 Å². The fraction of sp³-hybridized carbons (Fsp3) is 0.231. The summed E-state index contributed by atoms with van der Waals surface area (Å²) in [6.07, 6.45) is -1.07. The van der Waals surface area contributed by atoms with Crippen LogP contribution in [0.25, 0.3) is 5.69 Å². The Balaban J connectivity index is 1.92. The van der Waals surface area contributed by atoms with Gasteiger partial charge in [-0.05, 0) is 23.8 Å². The number of halogens is 3. The minimum Gasteiger partial charge on any atom is -0.347 e. The van der Waals surface area contributed by atoms with Gasteiger partial charge in [-0.1, -0.05) is 12.1 Å². The molecule has 1 N–H and O–H groups in total. The molecule has 20 heavy (non-hydrogen) atoms. The Morgan fingerprint density at radius 1 is 1.25 bits per heavy atom. The van der Waals surface area contributed by atoms with Gasteiger partial charge in [-0.15, -0.1) is 0 Å². The molecular formula is C13H12F3N3O. The molecule has 0 atom stereocenters. The second-order valence-electron chi connectivity index (χ2n) is 4.19. The number of amides is 1. The summed E-state index contributed by atoms with van der Waals surface area (Å²) in [7, 11) is 0. The van der Waals surface area contributed by atoms with Crippen molar-refractivity contribution >= 4 is 5.91 Å². The van der Waals surface area contributed by atoms with E-state index in [9.17, 15) is 18.0 Å². The minimum absolute atomic E-state index is 0.0878. The molecule has 0 saturated heterocycles. The van der Waals surface area contributed by atoms with E-state index in [1.54, 1.807) is 47.4 Å². The van der Waals surface area contributed by atoms with Gasteiger partial charge in [0.25, 0.3) is 0 Å². The van der Waals surface area contributed by atoms with E-state index in [2.05, 4.69) is 5.10 Å². The van der Waals surface area contributed by atoms with E-state index in [4.69, 9.17) is 0 Å². The molecule has 0 fully saturated rings. The molecule has 0 radical (unpaired) electrons. The summed E-state index contributed by atoms with van der Waals surface area (Å²) in [5, 5.41) is 5.88. The van der Waals surface area contributed by atoms with Crippen molar-refractivity contribution in [3.8, 4) is 5.69 Å². The lowest BCUT2D eigenvalue weighted by Crippen LogP contribution is -2.34. The fourth-order valence-electron chi connectivity index (χ4n) is 1.63. The average molecular weight is 283 g/mol. The lowest BCUT2D eigenvalue weighted by atomic mass is 10.1. The molecule has 1 heterocycles. The first-order valence-corrected chi connectivity index (χ1v) is 5.86. The Bertz CT molecular complexity index is 562. The van der Waals surface area contributed by atoms with Crippen LogP contribution in [0.15, 0.2) is 42.7 Å². The van der Waals surface area contributed by atoms with E-state index >= 15 is 0 Å². The Morgan fingerprint density at radius 3 is 2.50 bits per heavy atom. The molecule has 2 rings (SSSR count). The lowest BCUT2D eigenvalue weighted by Gasteiger charge is -2.08. The summed E-state index contributed by atoms with van der Waals surface area (Å²) in [5.74, 6) is -0.658. The highest BCUT2D eigenvalue weighted by Crippen LogP contribution is 2.13. The van der Waals surface area contributed by atoms with E-state index in [1.807, 2.05) is 5.32 Å². The zero-order valence-electron chi connectivity index (χ0n) is 10.4. The number of carbonyl (C=O) groups is 1.